The van der Waals surface area contributed by atoms with E-state index in [0.717, 1.165) is 0 Å². The minimum Gasteiger partial charge on any atom is -0.386 e. The van der Waals surface area contributed by atoms with Gasteiger partial charge in [-0.15, -0.1) is 0 Å². The highest BCUT2D eigenvalue weighted by Gasteiger charge is 2.25. The van der Waals surface area contributed by atoms with Crippen LogP contribution >= 0.6 is 0 Å². The maximum atomic E-state index is 12.0. The van der Waals surface area contributed by atoms with Gasteiger partial charge in [0.15, 0.2) is 0 Å². The minimum atomic E-state index is -3.94. The molecule has 3 N–H and O–H groups in total. The van der Waals surface area contributed by atoms with Gasteiger partial charge in [0.25, 0.3) is 6.43 Å². The first kappa shape index (κ1) is 14.0. The molecule has 98 valence electrons. The number of hydrogen-bond donors (Lipinski definition) is 3. The van der Waals surface area contributed by atoms with Gasteiger partial charge >= 0.3 is 0 Å². The molecule has 0 bridgehead atoms. The number of aromatic nitrogens is 2. The fourth-order valence-corrected chi connectivity index (χ4v) is 2.71. The number of halogens is 2. The molecule has 0 aromatic carbocycles. The summed E-state index contributed by atoms with van der Waals surface area (Å²) in [4.78, 5) is -0.0843. The number of H-pyrrole nitrogens is 1. The lowest BCUT2D eigenvalue weighted by molar-refractivity contribution is -0.000452. The smallest absolute Gasteiger partial charge is 0.265 e. The third kappa shape index (κ3) is 3.20. The zero-order valence-corrected chi connectivity index (χ0v) is 10.1. The summed E-state index contributed by atoms with van der Waals surface area (Å²) >= 11 is 0. The van der Waals surface area contributed by atoms with Crippen molar-refractivity contribution < 1.29 is 22.3 Å². The quantitative estimate of drug-likeness (QED) is 0.697. The van der Waals surface area contributed by atoms with Crippen LogP contribution in [0.1, 0.15) is 11.4 Å². The van der Waals surface area contributed by atoms with Gasteiger partial charge in [0.2, 0.25) is 10.0 Å². The van der Waals surface area contributed by atoms with Gasteiger partial charge in [0.1, 0.15) is 11.0 Å². The van der Waals surface area contributed by atoms with Gasteiger partial charge in [-0.25, -0.2) is 21.9 Å². The van der Waals surface area contributed by atoms with Crippen LogP contribution in [0.25, 0.3) is 0 Å². The minimum absolute atomic E-state index is 0.0843. The van der Waals surface area contributed by atoms with Gasteiger partial charge in [0, 0.05) is 6.54 Å². The highest BCUT2D eigenvalue weighted by Crippen LogP contribution is 2.16. The van der Waals surface area contributed by atoms with Crippen molar-refractivity contribution in [2.75, 3.05) is 6.54 Å². The van der Waals surface area contributed by atoms with Crippen molar-refractivity contribution in [2.45, 2.75) is 31.3 Å². The van der Waals surface area contributed by atoms with Gasteiger partial charge in [-0.05, 0) is 13.8 Å². The molecule has 0 aliphatic heterocycles. The van der Waals surface area contributed by atoms with Crippen LogP contribution in [0.3, 0.4) is 0 Å². The largest absolute Gasteiger partial charge is 0.386 e. The lowest BCUT2D eigenvalue weighted by Gasteiger charge is -2.11. The van der Waals surface area contributed by atoms with Gasteiger partial charge in [-0.3, -0.25) is 5.10 Å². The maximum absolute atomic E-state index is 12.0. The molecule has 0 aliphatic rings. The molecule has 1 atom stereocenters. The van der Waals surface area contributed by atoms with Crippen LogP contribution in [-0.4, -0.2) is 42.8 Å². The second-order valence-corrected chi connectivity index (χ2v) is 5.22. The molecule has 0 amide bonds. The summed E-state index contributed by atoms with van der Waals surface area (Å²) in [6, 6.07) is 0. The van der Waals surface area contributed by atoms with E-state index in [9.17, 15) is 17.2 Å². The van der Waals surface area contributed by atoms with E-state index in [1.54, 1.807) is 0 Å². The van der Waals surface area contributed by atoms with E-state index in [-0.39, 0.29) is 10.6 Å². The van der Waals surface area contributed by atoms with E-state index >= 15 is 0 Å². The third-order valence-electron chi connectivity index (χ3n) is 2.10. The van der Waals surface area contributed by atoms with Crippen LogP contribution in [0.5, 0.6) is 0 Å². The van der Waals surface area contributed by atoms with Crippen LogP contribution < -0.4 is 4.72 Å². The SMILES string of the molecule is Cc1n[nH]c(C)c1S(=O)(=O)NCC(O)C(F)F. The Labute approximate surface area is 97.1 Å². The van der Waals surface area contributed by atoms with Crippen LogP contribution in [-0.2, 0) is 10.0 Å². The first-order chi connectivity index (χ1) is 7.75. The molecule has 17 heavy (non-hydrogen) atoms. The Bertz CT molecular complexity index is 467. The van der Waals surface area contributed by atoms with Crippen molar-refractivity contribution in [1.29, 1.82) is 0 Å². The number of sulfonamides is 1. The highest BCUT2D eigenvalue weighted by atomic mass is 32.2. The highest BCUT2D eigenvalue weighted by molar-refractivity contribution is 7.89. The zero-order valence-electron chi connectivity index (χ0n) is 9.24. The van der Waals surface area contributed by atoms with E-state index < -0.39 is 29.1 Å². The summed E-state index contributed by atoms with van der Waals surface area (Å²) in [5, 5.41) is 15.0. The van der Waals surface area contributed by atoms with Crippen molar-refractivity contribution in [3.63, 3.8) is 0 Å². The first-order valence-electron chi connectivity index (χ1n) is 4.73. The van der Waals surface area contributed by atoms with Gasteiger partial charge in [-0.1, -0.05) is 0 Å². The normalized spacial score (nSPS) is 14.2. The molecular weight excluding hydrogens is 256 g/mol. The number of aliphatic hydroxyl groups excluding tert-OH is 1. The van der Waals surface area contributed by atoms with E-state index in [0.29, 0.717) is 5.69 Å². The Morgan fingerprint density at radius 2 is 2.06 bits per heavy atom. The topological polar surface area (TPSA) is 95.1 Å². The lowest BCUT2D eigenvalue weighted by Crippen LogP contribution is -2.36. The lowest BCUT2D eigenvalue weighted by atomic mass is 10.4. The molecule has 1 unspecified atom stereocenters. The summed E-state index contributed by atoms with van der Waals surface area (Å²) in [6.07, 6.45) is -5.03. The average Bonchev–Trinajstić information content (AvgIpc) is 2.55. The molecule has 1 aromatic rings. The van der Waals surface area contributed by atoms with E-state index in [1.165, 1.54) is 13.8 Å². The summed E-state index contributed by atoms with van der Waals surface area (Å²) in [7, 11) is -3.94. The van der Waals surface area contributed by atoms with Crippen molar-refractivity contribution in [3.8, 4) is 0 Å². The molecule has 0 aliphatic carbocycles. The molecule has 0 spiro atoms. The van der Waals surface area contributed by atoms with E-state index in [1.807, 2.05) is 4.72 Å². The molecule has 1 aromatic heterocycles. The summed E-state index contributed by atoms with van der Waals surface area (Å²) in [5.41, 5.74) is 0.545. The molecule has 6 nitrogen and oxygen atoms in total. The van der Waals surface area contributed by atoms with E-state index in [2.05, 4.69) is 10.2 Å². The second-order valence-electron chi connectivity index (χ2n) is 3.52. The summed E-state index contributed by atoms with van der Waals surface area (Å²) in [6.45, 7) is 2.23. The molecule has 0 saturated heterocycles. The van der Waals surface area contributed by atoms with Crippen molar-refractivity contribution >= 4 is 10.0 Å². The fourth-order valence-electron chi connectivity index (χ4n) is 1.29. The number of nitrogens with zero attached hydrogens (tertiary/aromatic N) is 1. The fraction of sp³-hybridized carbons (Fsp3) is 0.625. The predicted molar refractivity (Wildman–Crippen MR) is 55.3 cm³/mol. The molecule has 0 radical (unpaired) electrons. The van der Waals surface area contributed by atoms with Crippen LogP contribution in [0.2, 0.25) is 0 Å². The van der Waals surface area contributed by atoms with Gasteiger partial charge in [-0.2, -0.15) is 5.10 Å². The Balaban J connectivity index is 2.84. The number of aryl methyl sites for hydroxylation is 2. The number of alkyl halides is 2. The van der Waals surface area contributed by atoms with Gasteiger partial charge < -0.3 is 5.11 Å². The molecule has 0 fully saturated rings. The maximum Gasteiger partial charge on any atom is 0.265 e. The number of aliphatic hydroxyl groups is 1. The van der Waals surface area contributed by atoms with Crippen LogP contribution in [0.4, 0.5) is 8.78 Å². The number of rotatable bonds is 5. The first-order valence-corrected chi connectivity index (χ1v) is 6.21. The van der Waals surface area contributed by atoms with Crippen molar-refractivity contribution in [3.05, 3.63) is 11.4 Å². The Morgan fingerprint density at radius 3 is 2.47 bits per heavy atom. The summed E-state index contributed by atoms with van der Waals surface area (Å²) < 4.78 is 49.4. The predicted octanol–water partition coefficient (Wildman–Crippen LogP) is -0.0692. The molecule has 0 saturated carbocycles. The monoisotopic (exact) mass is 269 g/mol. The Kier molecular flexibility index (Phi) is 4.17. The Morgan fingerprint density at radius 1 is 1.47 bits per heavy atom. The molecule has 1 rings (SSSR count). The molecule has 1 heterocycles. The second kappa shape index (κ2) is 5.07. The summed E-state index contributed by atoms with van der Waals surface area (Å²) in [5.74, 6) is 0. The number of hydrogen-bond acceptors (Lipinski definition) is 4. The number of aromatic amines is 1. The van der Waals surface area contributed by atoms with Crippen LogP contribution in [0.15, 0.2) is 4.90 Å². The standard InChI is InChI=1S/C8H13F2N3O3S/c1-4-7(5(2)13-12-4)17(15,16)11-3-6(14)8(9)10/h6,8,11,14H,3H2,1-2H3,(H,12,13). The van der Waals surface area contributed by atoms with E-state index in [4.69, 9.17) is 5.11 Å². The van der Waals surface area contributed by atoms with Gasteiger partial charge in [0.05, 0.1) is 11.4 Å². The van der Waals surface area contributed by atoms with Crippen molar-refractivity contribution in [2.24, 2.45) is 0 Å². The van der Waals surface area contributed by atoms with Crippen LogP contribution in [0, 0.1) is 13.8 Å². The third-order valence-corrected chi connectivity index (χ3v) is 3.79. The Hall–Kier alpha value is -1.06. The number of nitrogens with one attached hydrogen (secondary N) is 2. The zero-order chi connectivity index (χ0) is 13.2. The molecular formula is C8H13F2N3O3S. The average molecular weight is 269 g/mol. The van der Waals surface area contributed by atoms with Crippen molar-refractivity contribution in [1.82, 2.24) is 14.9 Å². The molecule has 9 heteroatoms.